The van der Waals surface area contributed by atoms with E-state index in [0.717, 1.165) is 5.56 Å². The molecule has 0 N–H and O–H groups in total. The summed E-state index contributed by atoms with van der Waals surface area (Å²) < 4.78 is 6.30. The van der Waals surface area contributed by atoms with Gasteiger partial charge < -0.3 is 9.09 Å². The Labute approximate surface area is 73.6 Å². The zero-order chi connectivity index (χ0) is 9.26. The van der Waals surface area contributed by atoms with Gasteiger partial charge in [0.05, 0.1) is 5.56 Å². The SMILES string of the molecule is Cn1cc(-c2ncno2)ccc1=O. The van der Waals surface area contributed by atoms with Gasteiger partial charge in [-0.2, -0.15) is 4.98 Å². The standard InChI is InChI=1S/C8H7N3O2/c1-11-4-6(2-3-7(11)12)8-9-5-10-13-8/h2-5H,1H3. The lowest BCUT2D eigenvalue weighted by molar-refractivity contribution is 0.429. The van der Waals surface area contributed by atoms with Crippen LogP contribution < -0.4 is 5.56 Å². The van der Waals surface area contributed by atoms with Crippen LogP contribution in [0.15, 0.2) is 34.0 Å². The summed E-state index contributed by atoms with van der Waals surface area (Å²) in [6.07, 6.45) is 2.97. The van der Waals surface area contributed by atoms with Gasteiger partial charge in [0.1, 0.15) is 0 Å². The van der Waals surface area contributed by atoms with Gasteiger partial charge in [-0.25, -0.2) is 0 Å². The lowest BCUT2D eigenvalue weighted by Crippen LogP contribution is -2.13. The van der Waals surface area contributed by atoms with E-state index >= 15 is 0 Å². The van der Waals surface area contributed by atoms with Gasteiger partial charge in [-0.15, -0.1) is 0 Å². The predicted molar refractivity (Wildman–Crippen MR) is 45.0 cm³/mol. The first-order chi connectivity index (χ1) is 6.27. The third-order valence-corrected chi connectivity index (χ3v) is 1.69. The Morgan fingerprint density at radius 2 is 2.31 bits per heavy atom. The summed E-state index contributed by atoms with van der Waals surface area (Å²) in [6.45, 7) is 0. The highest BCUT2D eigenvalue weighted by Gasteiger charge is 2.03. The van der Waals surface area contributed by atoms with Crippen LogP contribution in [0.2, 0.25) is 0 Å². The Bertz CT molecular complexity index is 458. The first-order valence-electron chi connectivity index (χ1n) is 3.71. The molecule has 2 aromatic rings. The van der Waals surface area contributed by atoms with Crippen LogP contribution in [0.3, 0.4) is 0 Å². The summed E-state index contributed by atoms with van der Waals surface area (Å²) in [5, 5.41) is 3.48. The van der Waals surface area contributed by atoms with Crippen LogP contribution in [0.5, 0.6) is 0 Å². The maximum atomic E-state index is 11.0. The van der Waals surface area contributed by atoms with Gasteiger partial charge in [0.2, 0.25) is 5.56 Å². The summed E-state index contributed by atoms with van der Waals surface area (Å²) in [6, 6.07) is 3.11. The van der Waals surface area contributed by atoms with E-state index in [1.807, 2.05) is 0 Å². The Morgan fingerprint density at radius 1 is 1.46 bits per heavy atom. The van der Waals surface area contributed by atoms with Gasteiger partial charge in [-0.1, -0.05) is 5.16 Å². The van der Waals surface area contributed by atoms with Gasteiger partial charge in [-0.3, -0.25) is 4.79 Å². The number of aryl methyl sites for hydroxylation is 1. The van der Waals surface area contributed by atoms with Gasteiger partial charge in [-0.05, 0) is 6.07 Å². The zero-order valence-corrected chi connectivity index (χ0v) is 6.97. The monoisotopic (exact) mass is 177 g/mol. The van der Waals surface area contributed by atoms with Crippen LogP contribution in [-0.2, 0) is 7.05 Å². The number of pyridine rings is 1. The van der Waals surface area contributed by atoms with Crippen molar-refractivity contribution in [3.63, 3.8) is 0 Å². The van der Waals surface area contributed by atoms with Crippen LogP contribution in [0.25, 0.3) is 11.5 Å². The van der Waals surface area contributed by atoms with E-state index in [1.54, 1.807) is 19.3 Å². The van der Waals surface area contributed by atoms with Crippen molar-refractivity contribution in [1.82, 2.24) is 14.7 Å². The Hall–Kier alpha value is -1.91. The van der Waals surface area contributed by atoms with Crippen molar-refractivity contribution in [3.8, 4) is 11.5 Å². The van der Waals surface area contributed by atoms with Gasteiger partial charge >= 0.3 is 0 Å². The lowest BCUT2D eigenvalue weighted by atomic mass is 10.3. The predicted octanol–water partition coefficient (Wildman–Crippen LogP) is 0.435. The van der Waals surface area contributed by atoms with E-state index in [-0.39, 0.29) is 5.56 Å². The van der Waals surface area contributed by atoms with Crippen molar-refractivity contribution in [2.75, 3.05) is 0 Å². The minimum Gasteiger partial charge on any atom is -0.334 e. The normalized spacial score (nSPS) is 10.2. The second kappa shape index (κ2) is 2.85. The fourth-order valence-electron chi connectivity index (χ4n) is 1.02. The van der Waals surface area contributed by atoms with Crippen molar-refractivity contribution < 1.29 is 4.52 Å². The molecule has 0 aliphatic heterocycles. The van der Waals surface area contributed by atoms with Gasteiger partial charge in [0.25, 0.3) is 5.89 Å². The van der Waals surface area contributed by atoms with Crippen LogP contribution >= 0.6 is 0 Å². The fraction of sp³-hybridized carbons (Fsp3) is 0.125. The minimum absolute atomic E-state index is 0.0664. The van der Waals surface area contributed by atoms with E-state index in [0.29, 0.717) is 5.89 Å². The molecule has 0 aromatic carbocycles. The van der Waals surface area contributed by atoms with E-state index in [9.17, 15) is 4.79 Å². The minimum atomic E-state index is -0.0664. The molecule has 0 fully saturated rings. The Balaban J connectivity index is 2.55. The quantitative estimate of drug-likeness (QED) is 0.634. The summed E-state index contributed by atoms with van der Waals surface area (Å²) in [5.41, 5.74) is 0.669. The Morgan fingerprint density at radius 3 is 2.92 bits per heavy atom. The maximum Gasteiger partial charge on any atom is 0.259 e. The van der Waals surface area contributed by atoms with Crippen LogP contribution in [0.1, 0.15) is 0 Å². The summed E-state index contributed by atoms with van der Waals surface area (Å²) in [5.74, 6) is 0.413. The largest absolute Gasteiger partial charge is 0.334 e. The van der Waals surface area contributed by atoms with Crippen molar-refractivity contribution in [3.05, 3.63) is 35.0 Å². The molecule has 5 nitrogen and oxygen atoms in total. The first kappa shape index (κ1) is 7.72. The molecule has 0 saturated carbocycles. The highest BCUT2D eigenvalue weighted by molar-refractivity contribution is 5.49. The molecule has 2 rings (SSSR count). The molecule has 2 heterocycles. The topological polar surface area (TPSA) is 60.9 Å². The van der Waals surface area contributed by atoms with Crippen LogP contribution in [-0.4, -0.2) is 14.7 Å². The molecule has 5 heteroatoms. The van der Waals surface area contributed by atoms with E-state index in [4.69, 9.17) is 4.52 Å². The number of hydrogen-bond donors (Lipinski definition) is 0. The molecule has 0 aliphatic carbocycles. The third kappa shape index (κ3) is 1.35. The highest BCUT2D eigenvalue weighted by Crippen LogP contribution is 2.12. The van der Waals surface area contributed by atoms with Crippen LogP contribution in [0, 0.1) is 0 Å². The van der Waals surface area contributed by atoms with Gasteiger partial charge in [0, 0.05) is 19.3 Å². The molecule has 0 aliphatic rings. The number of rotatable bonds is 1. The maximum absolute atomic E-state index is 11.0. The van der Waals surface area contributed by atoms with Crippen LogP contribution in [0.4, 0.5) is 0 Å². The molecular formula is C8H7N3O2. The second-order valence-electron chi connectivity index (χ2n) is 2.61. The molecule has 0 unspecified atom stereocenters. The average Bonchev–Trinajstić information content (AvgIpc) is 2.62. The smallest absolute Gasteiger partial charge is 0.259 e. The summed E-state index contributed by atoms with van der Waals surface area (Å²) in [7, 11) is 1.67. The van der Waals surface area contributed by atoms with Crippen molar-refractivity contribution in [2.45, 2.75) is 0 Å². The number of nitrogens with zero attached hydrogens (tertiary/aromatic N) is 3. The van der Waals surface area contributed by atoms with E-state index in [2.05, 4.69) is 10.1 Å². The molecule has 66 valence electrons. The molecule has 0 saturated heterocycles. The zero-order valence-electron chi connectivity index (χ0n) is 6.97. The number of hydrogen-bond acceptors (Lipinski definition) is 4. The molecule has 0 amide bonds. The summed E-state index contributed by atoms with van der Waals surface area (Å²) >= 11 is 0. The fourth-order valence-corrected chi connectivity index (χ4v) is 1.02. The molecule has 0 radical (unpaired) electrons. The Kier molecular flexibility index (Phi) is 1.70. The van der Waals surface area contributed by atoms with Gasteiger partial charge in [0.15, 0.2) is 6.33 Å². The molecule has 0 atom stereocenters. The first-order valence-corrected chi connectivity index (χ1v) is 3.71. The highest BCUT2D eigenvalue weighted by atomic mass is 16.5. The second-order valence-corrected chi connectivity index (χ2v) is 2.61. The molecule has 0 spiro atoms. The van der Waals surface area contributed by atoms with Crippen molar-refractivity contribution >= 4 is 0 Å². The van der Waals surface area contributed by atoms with E-state index < -0.39 is 0 Å². The third-order valence-electron chi connectivity index (χ3n) is 1.69. The average molecular weight is 177 g/mol. The van der Waals surface area contributed by atoms with Crippen molar-refractivity contribution in [1.29, 1.82) is 0 Å². The molecule has 0 bridgehead atoms. The van der Waals surface area contributed by atoms with Crippen molar-refractivity contribution in [2.24, 2.45) is 7.05 Å². The molecule has 2 aromatic heterocycles. The molecule has 13 heavy (non-hydrogen) atoms. The molecular weight excluding hydrogens is 170 g/mol. The lowest BCUT2D eigenvalue weighted by Gasteiger charge is -1.97. The van der Waals surface area contributed by atoms with E-state index in [1.165, 1.54) is 17.0 Å². The summed E-state index contributed by atoms with van der Waals surface area (Å²) in [4.78, 5) is 14.9. The number of aromatic nitrogens is 3.